The Hall–Kier alpha value is -0.210. The topological polar surface area (TPSA) is 69.2 Å². The maximum Gasteiger partial charge on any atom is 1.00 e. The van der Waals surface area contributed by atoms with Gasteiger partial charge in [-0.05, 0) is 12.1 Å². The second-order valence-electron chi connectivity index (χ2n) is 2.18. The zero-order valence-corrected chi connectivity index (χ0v) is 9.94. The third kappa shape index (κ3) is 4.34. The van der Waals surface area contributed by atoms with Crippen LogP contribution in [-0.2, 0) is 10.3 Å². The first-order valence-electron chi connectivity index (χ1n) is 3.07. The minimum Gasteiger partial charge on any atom is -0.731 e. The van der Waals surface area contributed by atoms with Crippen LogP contribution in [0.15, 0.2) is 18.2 Å². The Balaban J connectivity index is 0.00000169. The van der Waals surface area contributed by atoms with Gasteiger partial charge < -0.3 is 4.55 Å². The maximum atomic E-state index is 12.7. The monoisotopic (exact) mass is 231 g/mol. The molecule has 0 spiro atoms. The summed E-state index contributed by atoms with van der Waals surface area (Å²) in [7, 11) is -4.82. The molecule has 0 aromatic heterocycles. The summed E-state index contributed by atoms with van der Waals surface area (Å²) >= 11 is 0. The van der Waals surface area contributed by atoms with Crippen molar-refractivity contribution in [1.82, 2.24) is 0 Å². The molecule has 0 aliphatic rings. The van der Waals surface area contributed by atoms with Gasteiger partial charge in [-0.1, -0.05) is 0 Å². The molecule has 0 fully saturated rings. The van der Waals surface area contributed by atoms with E-state index in [-0.39, 0.29) is 29.6 Å². The Morgan fingerprint density at radius 3 is 2.36 bits per heavy atom. The summed E-state index contributed by atoms with van der Waals surface area (Å²) in [6.07, 6.45) is 0. The molecule has 0 bridgehead atoms. The van der Waals surface area contributed by atoms with Gasteiger partial charge in [-0.3, -0.25) is 4.72 Å². The van der Waals surface area contributed by atoms with Crippen LogP contribution in [0.4, 0.5) is 14.5 Å². The fourth-order valence-electron chi connectivity index (χ4n) is 0.710. The van der Waals surface area contributed by atoms with Crippen LogP contribution in [-0.4, -0.2) is 13.0 Å². The van der Waals surface area contributed by atoms with Gasteiger partial charge in [0.05, 0.1) is 5.69 Å². The summed E-state index contributed by atoms with van der Waals surface area (Å²) in [6.45, 7) is 0. The minimum atomic E-state index is -4.82. The van der Waals surface area contributed by atoms with E-state index in [0.717, 1.165) is 6.07 Å². The predicted molar refractivity (Wildman–Crippen MR) is 39.7 cm³/mol. The van der Waals surface area contributed by atoms with E-state index in [4.69, 9.17) is 0 Å². The standard InChI is InChI=1S/C6H5F2NO3S.Na/c7-4-1-2-5(8)6(3-4)9-13(10,11)12;/h1-3,9H,(H,10,11,12);/q;+1/p-1. The predicted octanol–water partition coefficient (Wildman–Crippen LogP) is -2.16. The smallest absolute Gasteiger partial charge is 0.731 e. The number of halogens is 2. The van der Waals surface area contributed by atoms with Crippen molar-refractivity contribution in [1.29, 1.82) is 0 Å². The van der Waals surface area contributed by atoms with E-state index in [9.17, 15) is 21.8 Å². The average Bonchev–Trinajstić information content (AvgIpc) is 1.94. The maximum absolute atomic E-state index is 12.7. The molecule has 0 aliphatic heterocycles. The first kappa shape index (κ1) is 13.8. The molecular formula is C6H4F2NNaO3S. The Morgan fingerprint density at radius 1 is 1.29 bits per heavy atom. The molecule has 0 amide bonds. The van der Waals surface area contributed by atoms with Crippen molar-refractivity contribution in [2.75, 3.05) is 4.72 Å². The van der Waals surface area contributed by atoms with Gasteiger partial charge in [0, 0.05) is 6.07 Å². The van der Waals surface area contributed by atoms with Gasteiger partial charge in [0.1, 0.15) is 11.6 Å². The molecule has 0 atom stereocenters. The van der Waals surface area contributed by atoms with E-state index in [2.05, 4.69) is 0 Å². The van der Waals surface area contributed by atoms with Crippen LogP contribution in [0.25, 0.3) is 0 Å². The van der Waals surface area contributed by atoms with Gasteiger partial charge in [0.25, 0.3) is 0 Å². The van der Waals surface area contributed by atoms with Crippen molar-refractivity contribution in [3.05, 3.63) is 29.8 Å². The van der Waals surface area contributed by atoms with Gasteiger partial charge in [-0.25, -0.2) is 17.2 Å². The van der Waals surface area contributed by atoms with Gasteiger partial charge in [0.15, 0.2) is 10.3 Å². The van der Waals surface area contributed by atoms with Crippen LogP contribution in [0.5, 0.6) is 0 Å². The summed E-state index contributed by atoms with van der Waals surface area (Å²) in [4.78, 5) is 0. The molecule has 4 nitrogen and oxygen atoms in total. The number of rotatable bonds is 2. The van der Waals surface area contributed by atoms with Crippen LogP contribution >= 0.6 is 0 Å². The third-order valence-electron chi connectivity index (χ3n) is 1.16. The molecule has 72 valence electrons. The summed E-state index contributed by atoms with van der Waals surface area (Å²) in [5.74, 6) is -1.85. The second kappa shape index (κ2) is 5.04. The molecule has 1 N–H and O–H groups in total. The fraction of sp³-hybridized carbons (Fsp3) is 0. The third-order valence-corrected chi connectivity index (χ3v) is 1.63. The van der Waals surface area contributed by atoms with Crippen molar-refractivity contribution in [2.45, 2.75) is 0 Å². The van der Waals surface area contributed by atoms with Crippen LogP contribution in [0.3, 0.4) is 0 Å². The summed E-state index contributed by atoms with van der Waals surface area (Å²) in [5.41, 5.74) is -0.699. The van der Waals surface area contributed by atoms with Crippen molar-refractivity contribution >= 4 is 16.0 Å². The quantitative estimate of drug-likeness (QED) is 0.465. The molecule has 14 heavy (non-hydrogen) atoms. The first-order valence-corrected chi connectivity index (χ1v) is 4.48. The van der Waals surface area contributed by atoms with Gasteiger partial charge in [-0.2, -0.15) is 0 Å². The minimum absolute atomic E-state index is 0. The molecule has 8 heteroatoms. The van der Waals surface area contributed by atoms with Gasteiger partial charge in [-0.15, -0.1) is 0 Å². The number of hydrogen-bond donors (Lipinski definition) is 1. The van der Waals surface area contributed by atoms with E-state index >= 15 is 0 Å². The molecular weight excluding hydrogens is 227 g/mol. The zero-order valence-electron chi connectivity index (χ0n) is 7.12. The van der Waals surface area contributed by atoms with E-state index < -0.39 is 27.6 Å². The normalized spacial score (nSPS) is 10.5. The van der Waals surface area contributed by atoms with Crippen molar-refractivity contribution in [2.24, 2.45) is 0 Å². The average molecular weight is 231 g/mol. The van der Waals surface area contributed by atoms with E-state index in [0.29, 0.717) is 12.1 Å². The SMILES string of the molecule is O=S(=O)([O-])Nc1cc(F)ccc1F.[Na+]. The molecule has 1 aromatic rings. The van der Waals surface area contributed by atoms with Crippen molar-refractivity contribution in [3.63, 3.8) is 0 Å². The Morgan fingerprint density at radius 2 is 1.86 bits per heavy atom. The Kier molecular flexibility index (Phi) is 4.96. The first-order chi connectivity index (χ1) is 5.88. The largest absolute Gasteiger partial charge is 1.00 e. The van der Waals surface area contributed by atoms with E-state index in [1.807, 2.05) is 0 Å². The number of benzene rings is 1. The molecule has 0 saturated carbocycles. The fourth-order valence-corrected chi connectivity index (χ4v) is 1.14. The van der Waals surface area contributed by atoms with Gasteiger partial charge >= 0.3 is 29.6 Å². The Bertz CT molecular complexity index is 423. The molecule has 0 heterocycles. The Labute approximate surface area is 101 Å². The van der Waals surface area contributed by atoms with E-state index in [1.165, 1.54) is 4.72 Å². The number of nitrogens with one attached hydrogen (secondary N) is 1. The van der Waals surface area contributed by atoms with Crippen molar-refractivity contribution in [3.8, 4) is 0 Å². The number of hydrogen-bond acceptors (Lipinski definition) is 3. The van der Waals surface area contributed by atoms with Crippen LogP contribution in [0.2, 0.25) is 0 Å². The van der Waals surface area contributed by atoms with Crippen LogP contribution in [0, 0.1) is 11.6 Å². The molecule has 1 rings (SSSR count). The molecule has 0 saturated heterocycles. The van der Waals surface area contributed by atoms with E-state index in [1.54, 1.807) is 0 Å². The summed E-state index contributed by atoms with van der Waals surface area (Å²) < 4.78 is 56.7. The molecule has 0 radical (unpaired) electrons. The second-order valence-corrected chi connectivity index (χ2v) is 3.29. The molecule has 0 unspecified atom stereocenters. The van der Waals surface area contributed by atoms with Crippen LogP contribution < -0.4 is 34.3 Å². The molecule has 1 aromatic carbocycles. The summed E-state index contributed by atoms with van der Waals surface area (Å²) in [5, 5.41) is 0. The van der Waals surface area contributed by atoms with Crippen molar-refractivity contribution < 1.29 is 51.3 Å². The molecule has 0 aliphatic carbocycles. The van der Waals surface area contributed by atoms with Crippen LogP contribution in [0.1, 0.15) is 0 Å². The number of anilines is 1. The summed E-state index contributed by atoms with van der Waals surface area (Å²) in [6, 6.07) is 2.09. The zero-order chi connectivity index (χ0) is 10.1. The van der Waals surface area contributed by atoms with Gasteiger partial charge in [0.2, 0.25) is 0 Å².